The van der Waals surface area contributed by atoms with Crippen LogP contribution in [0.15, 0.2) is 59.4 Å². The van der Waals surface area contributed by atoms with Gasteiger partial charge in [0.05, 0.1) is 0 Å². The Balaban J connectivity index is 1.58. The zero-order chi connectivity index (χ0) is 15.2. The Morgan fingerprint density at radius 2 is 1.86 bits per heavy atom. The molecule has 3 aromatic rings. The van der Waals surface area contributed by atoms with Crippen LogP contribution in [0.4, 0.5) is 0 Å². The zero-order valence-corrected chi connectivity index (χ0v) is 11.8. The van der Waals surface area contributed by atoms with Crippen LogP contribution in [-0.2, 0) is 6.42 Å². The second-order valence-corrected chi connectivity index (χ2v) is 4.65. The molecule has 0 atom stereocenters. The summed E-state index contributed by atoms with van der Waals surface area (Å²) in [7, 11) is 0. The van der Waals surface area contributed by atoms with Gasteiger partial charge < -0.3 is 9.84 Å². The lowest BCUT2D eigenvalue weighted by Crippen LogP contribution is -2.25. The van der Waals surface area contributed by atoms with Gasteiger partial charge in [0.25, 0.3) is 0 Å². The van der Waals surface area contributed by atoms with Crippen LogP contribution in [0.3, 0.4) is 0 Å². The van der Waals surface area contributed by atoms with Gasteiger partial charge >= 0.3 is 11.8 Å². The fraction of sp³-hybridized carbons (Fsp3) is 0.125. The Hall–Kier alpha value is -3.02. The number of nitrogens with one attached hydrogen (secondary N) is 1. The molecular formula is C16H14N4O2. The van der Waals surface area contributed by atoms with E-state index in [2.05, 4.69) is 20.4 Å². The maximum absolute atomic E-state index is 12.0. The largest absolute Gasteiger partial charge is 0.347 e. The van der Waals surface area contributed by atoms with Crippen molar-refractivity contribution in [2.45, 2.75) is 6.42 Å². The number of carbonyl (C=O) groups excluding carboxylic acids is 1. The topological polar surface area (TPSA) is 80.9 Å². The molecule has 0 aliphatic heterocycles. The molecule has 0 aliphatic carbocycles. The van der Waals surface area contributed by atoms with Crippen molar-refractivity contribution in [2.24, 2.45) is 0 Å². The van der Waals surface area contributed by atoms with Gasteiger partial charge in [0.15, 0.2) is 0 Å². The Morgan fingerprint density at radius 1 is 1.09 bits per heavy atom. The maximum Gasteiger partial charge on any atom is 0.316 e. The summed E-state index contributed by atoms with van der Waals surface area (Å²) >= 11 is 0. The van der Waals surface area contributed by atoms with Gasteiger partial charge in [-0.2, -0.15) is 4.98 Å². The molecule has 0 bridgehead atoms. The van der Waals surface area contributed by atoms with E-state index in [0.29, 0.717) is 12.4 Å². The lowest BCUT2D eigenvalue weighted by atomic mass is 10.1. The van der Waals surface area contributed by atoms with Crippen LogP contribution in [0.25, 0.3) is 11.4 Å². The highest BCUT2D eigenvalue weighted by atomic mass is 16.5. The summed E-state index contributed by atoms with van der Waals surface area (Å²) in [5.74, 6) is -0.0424. The molecule has 0 saturated heterocycles. The van der Waals surface area contributed by atoms with Crippen LogP contribution in [0, 0.1) is 0 Å². The normalized spacial score (nSPS) is 10.4. The van der Waals surface area contributed by atoms with Crippen LogP contribution in [0.5, 0.6) is 0 Å². The molecule has 0 saturated carbocycles. The van der Waals surface area contributed by atoms with Gasteiger partial charge in [-0.05, 0) is 24.1 Å². The summed E-state index contributed by atoms with van der Waals surface area (Å²) in [5.41, 5.74) is 1.91. The van der Waals surface area contributed by atoms with E-state index in [1.54, 1.807) is 24.5 Å². The fourth-order valence-electron chi connectivity index (χ4n) is 1.97. The Labute approximate surface area is 127 Å². The fourth-order valence-corrected chi connectivity index (χ4v) is 1.97. The highest BCUT2D eigenvalue weighted by Crippen LogP contribution is 2.13. The zero-order valence-electron chi connectivity index (χ0n) is 11.8. The third-order valence-corrected chi connectivity index (χ3v) is 3.10. The number of nitrogens with zero attached hydrogens (tertiary/aromatic N) is 3. The van der Waals surface area contributed by atoms with Crippen molar-refractivity contribution in [3.8, 4) is 11.4 Å². The first kappa shape index (κ1) is 13.9. The van der Waals surface area contributed by atoms with E-state index in [1.165, 1.54) is 0 Å². The molecular weight excluding hydrogens is 280 g/mol. The average Bonchev–Trinajstić information content (AvgIpc) is 3.07. The summed E-state index contributed by atoms with van der Waals surface area (Å²) < 4.78 is 4.99. The summed E-state index contributed by atoms with van der Waals surface area (Å²) in [6.07, 6.45) is 4.01. The summed E-state index contributed by atoms with van der Waals surface area (Å²) in [6, 6.07) is 13.4. The maximum atomic E-state index is 12.0. The monoisotopic (exact) mass is 294 g/mol. The molecule has 6 heteroatoms. The molecule has 6 nitrogen and oxygen atoms in total. The molecule has 0 fully saturated rings. The van der Waals surface area contributed by atoms with Gasteiger partial charge in [-0.15, -0.1) is 0 Å². The van der Waals surface area contributed by atoms with E-state index in [0.717, 1.165) is 17.5 Å². The molecule has 3 rings (SSSR count). The SMILES string of the molecule is O=C(NCCc1ccccc1)c1nc(-c2ccncc2)no1. The molecule has 1 aromatic carbocycles. The molecule has 2 heterocycles. The van der Waals surface area contributed by atoms with Crippen LogP contribution in [0.2, 0.25) is 0 Å². The van der Waals surface area contributed by atoms with Crippen molar-refractivity contribution < 1.29 is 9.32 Å². The minimum absolute atomic E-state index is 0.0418. The third-order valence-electron chi connectivity index (χ3n) is 3.10. The third kappa shape index (κ3) is 3.35. The number of pyridine rings is 1. The number of aromatic nitrogens is 3. The highest BCUT2D eigenvalue weighted by molar-refractivity contribution is 5.89. The lowest BCUT2D eigenvalue weighted by molar-refractivity contribution is 0.0910. The van der Waals surface area contributed by atoms with Gasteiger partial charge in [-0.25, -0.2) is 0 Å². The van der Waals surface area contributed by atoms with Crippen LogP contribution >= 0.6 is 0 Å². The van der Waals surface area contributed by atoms with Gasteiger partial charge in [-0.3, -0.25) is 9.78 Å². The van der Waals surface area contributed by atoms with Crippen LogP contribution in [0.1, 0.15) is 16.2 Å². The van der Waals surface area contributed by atoms with E-state index < -0.39 is 0 Å². The summed E-state index contributed by atoms with van der Waals surface area (Å²) in [5, 5.41) is 6.56. The average molecular weight is 294 g/mol. The Kier molecular flexibility index (Phi) is 4.20. The number of benzene rings is 1. The lowest BCUT2D eigenvalue weighted by Gasteiger charge is -2.02. The second kappa shape index (κ2) is 6.62. The number of hydrogen-bond acceptors (Lipinski definition) is 5. The number of carbonyl (C=O) groups is 1. The second-order valence-electron chi connectivity index (χ2n) is 4.65. The van der Waals surface area contributed by atoms with E-state index in [9.17, 15) is 4.79 Å². The molecule has 22 heavy (non-hydrogen) atoms. The molecule has 0 unspecified atom stereocenters. The predicted molar refractivity (Wildman–Crippen MR) is 80.0 cm³/mol. The number of rotatable bonds is 5. The summed E-state index contributed by atoms with van der Waals surface area (Å²) in [6.45, 7) is 0.510. The predicted octanol–water partition coefficient (Wildman–Crippen LogP) is 2.10. The van der Waals surface area contributed by atoms with Gasteiger partial charge in [0.2, 0.25) is 5.82 Å². The minimum atomic E-state index is -0.372. The van der Waals surface area contributed by atoms with Gasteiger partial charge in [0.1, 0.15) is 0 Å². The van der Waals surface area contributed by atoms with Crippen molar-refractivity contribution in [1.82, 2.24) is 20.4 Å². The van der Waals surface area contributed by atoms with Crippen molar-refractivity contribution in [3.05, 3.63) is 66.3 Å². The number of amides is 1. The Bertz CT molecular complexity index is 741. The quantitative estimate of drug-likeness (QED) is 0.779. The van der Waals surface area contributed by atoms with Crippen molar-refractivity contribution in [3.63, 3.8) is 0 Å². The van der Waals surface area contributed by atoms with Crippen molar-refractivity contribution in [2.75, 3.05) is 6.54 Å². The molecule has 1 amide bonds. The first-order valence-electron chi connectivity index (χ1n) is 6.89. The van der Waals surface area contributed by atoms with Gasteiger partial charge in [-0.1, -0.05) is 35.5 Å². The first-order valence-corrected chi connectivity index (χ1v) is 6.89. The smallest absolute Gasteiger partial charge is 0.316 e. The van der Waals surface area contributed by atoms with Crippen molar-refractivity contribution in [1.29, 1.82) is 0 Å². The highest BCUT2D eigenvalue weighted by Gasteiger charge is 2.15. The van der Waals surface area contributed by atoms with E-state index >= 15 is 0 Å². The molecule has 2 aromatic heterocycles. The summed E-state index contributed by atoms with van der Waals surface area (Å²) in [4.78, 5) is 20.0. The molecule has 1 N–H and O–H groups in total. The molecule has 0 radical (unpaired) electrons. The van der Waals surface area contributed by atoms with Crippen LogP contribution in [-0.4, -0.2) is 27.6 Å². The molecule has 110 valence electrons. The van der Waals surface area contributed by atoms with Crippen molar-refractivity contribution >= 4 is 5.91 Å². The van der Waals surface area contributed by atoms with E-state index in [1.807, 2.05) is 30.3 Å². The molecule has 0 aliphatic rings. The van der Waals surface area contributed by atoms with Crippen LogP contribution < -0.4 is 5.32 Å². The van der Waals surface area contributed by atoms with E-state index in [-0.39, 0.29) is 11.8 Å². The number of hydrogen-bond donors (Lipinski definition) is 1. The van der Waals surface area contributed by atoms with Gasteiger partial charge in [0, 0.05) is 24.5 Å². The Morgan fingerprint density at radius 3 is 2.64 bits per heavy atom. The van der Waals surface area contributed by atoms with E-state index in [4.69, 9.17) is 4.52 Å². The minimum Gasteiger partial charge on any atom is -0.347 e. The molecule has 0 spiro atoms. The first-order chi connectivity index (χ1) is 10.8. The standard InChI is InChI=1S/C16H14N4O2/c21-15(18-11-6-12-4-2-1-3-5-12)16-19-14(20-22-16)13-7-9-17-10-8-13/h1-5,7-10H,6,11H2,(H,18,21).